The van der Waals surface area contributed by atoms with Crippen molar-refractivity contribution in [3.63, 3.8) is 0 Å². The highest BCUT2D eigenvalue weighted by Crippen LogP contribution is 2.44. The molecular weight excluding hydrogens is 230 g/mol. The summed E-state index contributed by atoms with van der Waals surface area (Å²) in [5, 5.41) is 0. The first kappa shape index (κ1) is 11.1. The fourth-order valence-corrected chi connectivity index (χ4v) is 2.10. The van der Waals surface area contributed by atoms with Crippen LogP contribution in [0.5, 0.6) is 17.2 Å². The second kappa shape index (κ2) is 4.72. The quantitative estimate of drug-likeness (QED) is 0.818. The molecule has 0 radical (unpaired) electrons. The zero-order valence-corrected chi connectivity index (χ0v) is 10.3. The molecule has 0 bridgehead atoms. The maximum Gasteiger partial charge on any atom is 0.231 e. The van der Waals surface area contributed by atoms with Crippen LogP contribution in [0.4, 0.5) is 0 Å². The molecule has 0 spiro atoms. The van der Waals surface area contributed by atoms with Crippen molar-refractivity contribution in [1.29, 1.82) is 0 Å². The minimum atomic E-state index is 0.272. The highest BCUT2D eigenvalue weighted by Gasteiger charge is 2.24. The minimum Gasteiger partial charge on any atom is -0.493 e. The van der Waals surface area contributed by atoms with Gasteiger partial charge in [-0.05, 0) is 30.2 Å². The first-order valence-electron chi connectivity index (χ1n) is 6.15. The Balaban J connectivity index is 2.03. The number of allylic oxidation sites excluding steroid dienone is 1. The molecule has 0 unspecified atom stereocenters. The van der Waals surface area contributed by atoms with Crippen molar-refractivity contribution in [3.8, 4) is 17.2 Å². The first-order valence-corrected chi connectivity index (χ1v) is 6.15. The van der Waals surface area contributed by atoms with Crippen molar-refractivity contribution in [1.82, 2.24) is 0 Å². The number of nitrogens with zero attached hydrogens (tertiary/aromatic N) is 1. The first-order chi connectivity index (χ1) is 8.90. The predicted molar refractivity (Wildman–Crippen MR) is 69.7 cm³/mol. The smallest absolute Gasteiger partial charge is 0.231 e. The molecule has 0 aromatic heterocycles. The Morgan fingerprint density at radius 2 is 2.28 bits per heavy atom. The van der Waals surface area contributed by atoms with E-state index >= 15 is 0 Å². The maximum atomic E-state index is 5.79. The zero-order chi connectivity index (χ0) is 12.4. The number of benzene rings is 1. The van der Waals surface area contributed by atoms with Crippen LogP contribution in [0.3, 0.4) is 0 Å². The topological polar surface area (TPSA) is 40.0 Å². The SMILES string of the molecule is CCCOc1ccc2c(c1C1=CC=NC1)OCO2. The molecule has 0 fully saturated rings. The summed E-state index contributed by atoms with van der Waals surface area (Å²) >= 11 is 0. The third kappa shape index (κ3) is 1.83. The molecule has 4 heteroatoms. The Bertz CT molecular complexity index is 520. The van der Waals surface area contributed by atoms with Crippen molar-refractivity contribution in [3.05, 3.63) is 23.8 Å². The van der Waals surface area contributed by atoms with Gasteiger partial charge in [0.05, 0.1) is 18.7 Å². The van der Waals surface area contributed by atoms with Crippen LogP contribution in [0.25, 0.3) is 5.57 Å². The Hall–Kier alpha value is -1.97. The Kier molecular flexibility index (Phi) is 2.92. The van der Waals surface area contributed by atoms with Gasteiger partial charge in [-0.3, -0.25) is 4.99 Å². The number of rotatable bonds is 4. The molecule has 2 aliphatic rings. The van der Waals surface area contributed by atoms with Gasteiger partial charge in [-0.2, -0.15) is 0 Å². The second-order valence-electron chi connectivity index (χ2n) is 4.20. The molecule has 18 heavy (non-hydrogen) atoms. The van der Waals surface area contributed by atoms with Crippen molar-refractivity contribution in [2.75, 3.05) is 19.9 Å². The summed E-state index contributed by atoms with van der Waals surface area (Å²) < 4.78 is 16.8. The molecule has 1 aromatic carbocycles. The summed E-state index contributed by atoms with van der Waals surface area (Å²) in [6.07, 6.45) is 4.79. The summed E-state index contributed by atoms with van der Waals surface area (Å²) in [6.45, 7) is 3.72. The number of aliphatic imine (C=N–C) groups is 1. The summed E-state index contributed by atoms with van der Waals surface area (Å²) in [5.74, 6) is 2.40. The van der Waals surface area contributed by atoms with Crippen LogP contribution in [0, 0.1) is 0 Å². The zero-order valence-electron chi connectivity index (χ0n) is 10.3. The molecule has 1 aromatic rings. The number of hydrogen-bond acceptors (Lipinski definition) is 4. The van der Waals surface area contributed by atoms with E-state index in [1.807, 2.05) is 24.4 Å². The lowest BCUT2D eigenvalue weighted by Crippen LogP contribution is -2.01. The highest BCUT2D eigenvalue weighted by atomic mass is 16.7. The average Bonchev–Trinajstić information content (AvgIpc) is 3.06. The monoisotopic (exact) mass is 245 g/mol. The van der Waals surface area contributed by atoms with Gasteiger partial charge in [-0.15, -0.1) is 0 Å². The number of ether oxygens (including phenoxy) is 3. The number of fused-ring (bicyclic) bond motifs is 1. The molecular formula is C14H15NO3. The summed E-state index contributed by atoms with van der Waals surface area (Å²) in [7, 11) is 0. The molecule has 3 rings (SSSR count). The van der Waals surface area contributed by atoms with Crippen LogP contribution in [-0.2, 0) is 0 Å². The third-order valence-corrected chi connectivity index (χ3v) is 2.93. The van der Waals surface area contributed by atoms with Crippen LogP contribution in [0.2, 0.25) is 0 Å². The van der Waals surface area contributed by atoms with Crippen molar-refractivity contribution < 1.29 is 14.2 Å². The summed E-state index contributed by atoms with van der Waals surface area (Å²) in [5.41, 5.74) is 2.10. The van der Waals surface area contributed by atoms with Crippen LogP contribution >= 0.6 is 0 Å². The van der Waals surface area contributed by atoms with Gasteiger partial charge in [0.2, 0.25) is 6.79 Å². The van der Waals surface area contributed by atoms with Gasteiger partial charge in [0.15, 0.2) is 11.5 Å². The molecule has 0 saturated heterocycles. The lowest BCUT2D eigenvalue weighted by molar-refractivity contribution is 0.173. The van der Waals surface area contributed by atoms with Crippen LogP contribution in [-0.4, -0.2) is 26.2 Å². The molecule has 0 N–H and O–H groups in total. The van der Waals surface area contributed by atoms with Gasteiger partial charge >= 0.3 is 0 Å². The van der Waals surface area contributed by atoms with E-state index in [0.29, 0.717) is 13.2 Å². The molecule has 0 aliphatic carbocycles. The largest absolute Gasteiger partial charge is 0.493 e. The Morgan fingerprint density at radius 1 is 1.33 bits per heavy atom. The predicted octanol–water partition coefficient (Wildman–Crippen LogP) is 2.67. The molecule has 94 valence electrons. The molecule has 0 saturated carbocycles. The van der Waals surface area contributed by atoms with E-state index in [0.717, 1.165) is 34.8 Å². The van der Waals surface area contributed by atoms with E-state index in [2.05, 4.69) is 11.9 Å². The molecule has 0 atom stereocenters. The molecule has 2 heterocycles. The van der Waals surface area contributed by atoms with Crippen molar-refractivity contribution in [2.45, 2.75) is 13.3 Å². The number of hydrogen-bond donors (Lipinski definition) is 0. The van der Waals surface area contributed by atoms with E-state index in [-0.39, 0.29) is 6.79 Å². The van der Waals surface area contributed by atoms with Gasteiger partial charge in [-0.1, -0.05) is 6.92 Å². The normalized spacial score (nSPS) is 15.9. The highest BCUT2D eigenvalue weighted by molar-refractivity contribution is 5.93. The van der Waals surface area contributed by atoms with Gasteiger partial charge in [0.25, 0.3) is 0 Å². The van der Waals surface area contributed by atoms with E-state index in [1.165, 1.54) is 0 Å². The maximum absolute atomic E-state index is 5.79. The fraction of sp³-hybridized carbons (Fsp3) is 0.357. The van der Waals surface area contributed by atoms with Gasteiger partial charge < -0.3 is 14.2 Å². The third-order valence-electron chi connectivity index (χ3n) is 2.93. The molecule has 2 aliphatic heterocycles. The fourth-order valence-electron chi connectivity index (χ4n) is 2.10. The van der Waals surface area contributed by atoms with Gasteiger partial charge in [0.1, 0.15) is 5.75 Å². The van der Waals surface area contributed by atoms with Gasteiger partial charge in [0, 0.05) is 6.21 Å². The van der Waals surface area contributed by atoms with Gasteiger partial charge in [-0.25, -0.2) is 0 Å². The van der Waals surface area contributed by atoms with E-state index < -0.39 is 0 Å². The molecule has 4 nitrogen and oxygen atoms in total. The summed E-state index contributed by atoms with van der Waals surface area (Å²) in [4.78, 5) is 4.22. The van der Waals surface area contributed by atoms with Crippen LogP contribution in [0.15, 0.2) is 23.2 Å². The Morgan fingerprint density at radius 3 is 3.06 bits per heavy atom. The Labute approximate surface area is 106 Å². The van der Waals surface area contributed by atoms with E-state index in [9.17, 15) is 0 Å². The van der Waals surface area contributed by atoms with Crippen LogP contribution < -0.4 is 14.2 Å². The van der Waals surface area contributed by atoms with E-state index in [1.54, 1.807) is 0 Å². The van der Waals surface area contributed by atoms with Crippen molar-refractivity contribution in [2.24, 2.45) is 4.99 Å². The minimum absolute atomic E-state index is 0.272. The van der Waals surface area contributed by atoms with E-state index in [4.69, 9.17) is 14.2 Å². The summed E-state index contributed by atoms with van der Waals surface area (Å²) in [6, 6.07) is 3.84. The second-order valence-corrected chi connectivity index (χ2v) is 4.20. The molecule has 0 amide bonds. The van der Waals surface area contributed by atoms with Crippen molar-refractivity contribution >= 4 is 11.8 Å². The standard InChI is InChI=1S/C14H15NO3/c1-2-7-16-11-3-4-12-14(18-9-17-12)13(11)10-5-6-15-8-10/h3-6H,2,7-9H2,1H3. The lowest BCUT2D eigenvalue weighted by atomic mass is 10.0. The average molecular weight is 245 g/mol. The lowest BCUT2D eigenvalue weighted by Gasteiger charge is -2.13. The van der Waals surface area contributed by atoms with Crippen LogP contribution in [0.1, 0.15) is 18.9 Å².